The van der Waals surface area contributed by atoms with Gasteiger partial charge in [0.2, 0.25) is 0 Å². The fourth-order valence-corrected chi connectivity index (χ4v) is 2.53. The Kier molecular flexibility index (Phi) is 8.58. The summed E-state index contributed by atoms with van der Waals surface area (Å²) in [5, 5.41) is 9.17. The summed E-state index contributed by atoms with van der Waals surface area (Å²) < 4.78 is 0. The average Bonchev–Trinajstić information content (AvgIpc) is 2.42. The number of hydrogen-bond donors (Lipinski definition) is 1. The maximum Gasteiger partial charge on any atom is 0.0436 e. The van der Waals surface area contributed by atoms with Gasteiger partial charge >= 0.3 is 0 Å². The third-order valence-electron chi connectivity index (χ3n) is 3.65. The highest BCUT2D eigenvalue weighted by Gasteiger charge is 2.09. The first-order chi connectivity index (χ1) is 8.88. The molecular weight excluding hydrogens is 220 g/mol. The van der Waals surface area contributed by atoms with Gasteiger partial charge in [0.15, 0.2) is 0 Å². The molecule has 1 heteroatoms. The van der Waals surface area contributed by atoms with Crippen molar-refractivity contribution >= 4 is 0 Å². The Morgan fingerprint density at radius 3 is 2.22 bits per heavy atom. The van der Waals surface area contributed by atoms with E-state index in [1.54, 1.807) is 0 Å². The van der Waals surface area contributed by atoms with Crippen LogP contribution >= 0.6 is 0 Å². The minimum atomic E-state index is 0.301. The smallest absolute Gasteiger partial charge is 0.0436 e. The molecule has 1 N–H and O–H groups in total. The molecular formula is C17H28O. The molecule has 0 spiro atoms. The van der Waals surface area contributed by atoms with Crippen LogP contribution in [0.3, 0.4) is 0 Å². The molecule has 0 radical (unpaired) electrons. The third kappa shape index (κ3) is 6.20. The zero-order valence-corrected chi connectivity index (χ0v) is 11.8. The van der Waals surface area contributed by atoms with Gasteiger partial charge in [0.25, 0.3) is 0 Å². The molecule has 0 fully saturated rings. The normalized spacial score (nSPS) is 12.6. The van der Waals surface area contributed by atoms with Crippen LogP contribution in [0.1, 0.15) is 69.8 Å². The molecule has 0 aliphatic heterocycles. The predicted octanol–water partition coefficient (Wildman–Crippen LogP) is 4.90. The first kappa shape index (κ1) is 15.2. The Morgan fingerprint density at radius 1 is 0.889 bits per heavy atom. The highest BCUT2D eigenvalue weighted by Crippen LogP contribution is 2.25. The molecule has 1 aromatic rings. The Hall–Kier alpha value is -0.820. The van der Waals surface area contributed by atoms with Crippen molar-refractivity contribution in [1.29, 1.82) is 0 Å². The van der Waals surface area contributed by atoms with Crippen LogP contribution in [0.15, 0.2) is 30.3 Å². The van der Waals surface area contributed by atoms with Gasteiger partial charge in [-0.05, 0) is 24.3 Å². The Labute approximate surface area is 112 Å². The lowest BCUT2D eigenvalue weighted by atomic mass is 9.90. The molecule has 0 saturated carbocycles. The summed E-state index contributed by atoms with van der Waals surface area (Å²) in [6.45, 7) is 2.56. The molecule has 1 unspecified atom stereocenters. The van der Waals surface area contributed by atoms with E-state index in [0.717, 1.165) is 6.42 Å². The number of aliphatic hydroxyl groups is 1. The number of unbranched alkanes of at least 4 members (excludes halogenated alkanes) is 5. The van der Waals surface area contributed by atoms with E-state index < -0.39 is 0 Å². The molecule has 1 rings (SSSR count). The topological polar surface area (TPSA) is 20.2 Å². The second-order valence-corrected chi connectivity index (χ2v) is 5.18. The molecule has 18 heavy (non-hydrogen) atoms. The van der Waals surface area contributed by atoms with Gasteiger partial charge in [0, 0.05) is 6.61 Å². The maximum atomic E-state index is 9.17. The minimum Gasteiger partial charge on any atom is -0.396 e. The summed E-state index contributed by atoms with van der Waals surface area (Å²) in [5.41, 5.74) is 1.39. The van der Waals surface area contributed by atoms with Gasteiger partial charge in [-0.2, -0.15) is 0 Å². The fourth-order valence-electron chi connectivity index (χ4n) is 2.53. The first-order valence-electron chi connectivity index (χ1n) is 7.54. The minimum absolute atomic E-state index is 0.301. The van der Waals surface area contributed by atoms with Crippen molar-refractivity contribution in [3.63, 3.8) is 0 Å². The molecule has 1 nitrogen and oxygen atoms in total. The van der Waals surface area contributed by atoms with Crippen molar-refractivity contribution in [2.24, 2.45) is 0 Å². The quantitative estimate of drug-likeness (QED) is 0.584. The second-order valence-electron chi connectivity index (χ2n) is 5.18. The summed E-state index contributed by atoms with van der Waals surface area (Å²) in [6.07, 6.45) is 10.2. The predicted molar refractivity (Wildman–Crippen MR) is 78.9 cm³/mol. The van der Waals surface area contributed by atoms with Gasteiger partial charge in [-0.25, -0.2) is 0 Å². The number of benzene rings is 1. The van der Waals surface area contributed by atoms with Crippen LogP contribution in [0.25, 0.3) is 0 Å². The van der Waals surface area contributed by atoms with Gasteiger partial charge in [0.05, 0.1) is 0 Å². The molecule has 0 heterocycles. The van der Waals surface area contributed by atoms with E-state index in [-0.39, 0.29) is 0 Å². The standard InChI is InChI=1S/C17H28O/c1-2-3-4-5-6-8-13-17(14-15-18)16-11-9-7-10-12-16/h7,9-12,17-18H,2-6,8,13-15H2,1H3. The number of aliphatic hydroxyl groups excluding tert-OH is 1. The molecule has 0 amide bonds. The highest BCUT2D eigenvalue weighted by molar-refractivity contribution is 5.19. The number of rotatable bonds is 10. The van der Waals surface area contributed by atoms with E-state index in [2.05, 4.69) is 37.3 Å². The van der Waals surface area contributed by atoms with Gasteiger partial charge in [-0.3, -0.25) is 0 Å². The highest BCUT2D eigenvalue weighted by atomic mass is 16.3. The van der Waals surface area contributed by atoms with Crippen molar-refractivity contribution < 1.29 is 5.11 Å². The third-order valence-corrected chi connectivity index (χ3v) is 3.65. The van der Waals surface area contributed by atoms with E-state index in [1.807, 2.05) is 0 Å². The largest absolute Gasteiger partial charge is 0.396 e. The summed E-state index contributed by atoms with van der Waals surface area (Å²) >= 11 is 0. The molecule has 0 bridgehead atoms. The van der Waals surface area contributed by atoms with Crippen LogP contribution in [0.5, 0.6) is 0 Å². The first-order valence-corrected chi connectivity index (χ1v) is 7.54. The van der Waals surface area contributed by atoms with Crippen LogP contribution in [0, 0.1) is 0 Å². The van der Waals surface area contributed by atoms with Gasteiger partial charge < -0.3 is 5.11 Å². The summed E-state index contributed by atoms with van der Waals surface area (Å²) in [4.78, 5) is 0. The van der Waals surface area contributed by atoms with E-state index >= 15 is 0 Å². The molecule has 0 aliphatic rings. The zero-order chi connectivity index (χ0) is 13.1. The maximum absolute atomic E-state index is 9.17. The summed E-state index contributed by atoms with van der Waals surface area (Å²) in [6, 6.07) is 10.6. The van der Waals surface area contributed by atoms with Gasteiger partial charge in [0.1, 0.15) is 0 Å². The molecule has 0 aliphatic carbocycles. The van der Waals surface area contributed by atoms with Crippen molar-refractivity contribution in [3.8, 4) is 0 Å². The van der Waals surface area contributed by atoms with Crippen LogP contribution in [-0.2, 0) is 0 Å². The van der Waals surface area contributed by atoms with Crippen molar-refractivity contribution in [2.45, 2.75) is 64.2 Å². The lowest BCUT2D eigenvalue weighted by Gasteiger charge is -2.16. The summed E-state index contributed by atoms with van der Waals surface area (Å²) in [7, 11) is 0. The molecule has 0 saturated heterocycles. The van der Waals surface area contributed by atoms with Crippen LogP contribution < -0.4 is 0 Å². The van der Waals surface area contributed by atoms with Crippen molar-refractivity contribution in [2.75, 3.05) is 6.61 Å². The van der Waals surface area contributed by atoms with Crippen molar-refractivity contribution in [1.82, 2.24) is 0 Å². The molecule has 1 aromatic carbocycles. The van der Waals surface area contributed by atoms with Crippen LogP contribution in [0.2, 0.25) is 0 Å². The average molecular weight is 248 g/mol. The van der Waals surface area contributed by atoms with Crippen molar-refractivity contribution in [3.05, 3.63) is 35.9 Å². The molecule has 102 valence electrons. The molecule has 1 atom stereocenters. The SMILES string of the molecule is CCCCCCCCC(CCO)c1ccccc1. The van der Waals surface area contributed by atoms with E-state index in [0.29, 0.717) is 12.5 Å². The Bertz CT molecular complexity index is 281. The van der Waals surface area contributed by atoms with E-state index in [4.69, 9.17) is 0 Å². The van der Waals surface area contributed by atoms with E-state index in [1.165, 1.54) is 50.5 Å². The molecule has 0 aromatic heterocycles. The van der Waals surface area contributed by atoms with Crippen LogP contribution in [0.4, 0.5) is 0 Å². The lowest BCUT2D eigenvalue weighted by Crippen LogP contribution is -2.01. The zero-order valence-electron chi connectivity index (χ0n) is 11.8. The number of hydrogen-bond acceptors (Lipinski definition) is 1. The second kappa shape index (κ2) is 10.1. The Morgan fingerprint density at radius 2 is 1.56 bits per heavy atom. The lowest BCUT2D eigenvalue weighted by molar-refractivity contribution is 0.271. The fraction of sp³-hybridized carbons (Fsp3) is 0.647. The Balaban J connectivity index is 2.26. The summed E-state index contributed by atoms with van der Waals surface area (Å²) in [5.74, 6) is 0.544. The van der Waals surface area contributed by atoms with Gasteiger partial charge in [-0.1, -0.05) is 75.8 Å². The van der Waals surface area contributed by atoms with E-state index in [9.17, 15) is 5.11 Å². The van der Waals surface area contributed by atoms with Gasteiger partial charge in [-0.15, -0.1) is 0 Å². The monoisotopic (exact) mass is 248 g/mol. The van der Waals surface area contributed by atoms with Crippen LogP contribution in [-0.4, -0.2) is 11.7 Å².